The van der Waals surface area contributed by atoms with Crippen LogP contribution >= 0.6 is 11.3 Å². The molecule has 8 heteroatoms. The lowest BCUT2D eigenvalue weighted by molar-refractivity contribution is -0.00211. The lowest BCUT2D eigenvalue weighted by atomic mass is 10.1. The number of oxime groups is 1. The van der Waals surface area contributed by atoms with E-state index in [9.17, 15) is 0 Å². The van der Waals surface area contributed by atoms with Crippen molar-refractivity contribution in [3.63, 3.8) is 0 Å². The van der Waals surface area contributed by atoms with E-state index < -0.39 is 6.29 Å². The van der Waals surface area contributed by atoms with E-state index in [-0.39, 0.29) is 5.84 Å². The van der Waals surface area contributed by atoms with Crippen molar-refractivity contribution in [2.24, 2.45) is 10.9 Å². The third-order valence-electron chi connectivity index (χ3n) is 6.62. The number of aryl methyl sites for hydroxylation is 1. The molecule has 7 nitrogen and oxygen atoms in total. The number of rotatable bonds is 12. The Balaban J connectivity index is 1.41. The van der Waals surface area contributed by atoms with Gasteiger partial charge >= 0.3 is 0 Å². The summed E-state index contributed by atoms with van der Waals surface area (Å²) in [6.45, 7) is 7.78. The van der Waals surface area contributed by atoms with E-state index in [0.717, 1.165) is 54.2 Å². The molecule has 0 radical (unpaired) electrons. The largest absolute Gasteiger partial charge is 0.455 e. The van der Waals surface area contributed by atoms with Crippen LogP contribution in [0, 0.1) is 6.92 Å². The van der Waals surface area contributed by atoms with Crippen LogP contribution in [0.4, 0.5) is 0 Å². The summed E-state index contributed by atoms with van der Waals surface area (Å²) < 4.78 is 12.4. The van der Waals surface area contributed by atoms with Crippen molar-refractivity contribution in [1.29, 1.82) is 0 Å². The van der Waals surface area contributed by atoms with Gasteiger partial charge in [-0.05, 0) is 94.2 Å². The second-order valence-electron chi connectivity index (χ2n) is 9.50. The number of nitrogens with zero attached hydrogens (tertiary/aromatic N) is 3. The fraction of sp³-hybridized carbons (Fsp3) is 0.448. The van der Waals surface area contributed by atoms with E-state index in [1.54, 1.807) is 24.3 Å². The summed E-state index contributed by atoms with van der Waals surface area (Å²) in [5.41, 5.74) is 8.50. The zero-order chi connectivity index (χ0) is 26.0. The first-order valence-corrected chi connectivity index (χ1v) is 14.1. The van der Waals surface area contributed by atoms with Crippen LogP contribution in [0.2, 0.25) is 0 Å². The summed E-state index contributed by atoms with van der Waals surface area (Å²) in [4.78, 5) is 8.80. The quantitative estimate of drug-likeness (QED) is 0.0965. The molecule has 0 amide bonds. The summed E-state index contributed by atoms with van der Waals surface area (Å²) >= 11 is 1.81. The minimum atomic E-state index is -0.415. The number of hydrogen-bond acceptors (Lipinski definition) is 7. The highest BCUT2D eigenvalue weighted by Crippen LogP contribution is 2.31. The van der Waals surface area contributed by atoms with E-state index in [2.05, 4.69) is 36.0 Å². The van der Waals surface area contributed by atoms with E-state index in [4.69, 9.17) is 25.4 Å². The molecule has 0 spiro atoms. The molecule has 0 saturated carbocycles. The number of thiazole rings is 1. The van der Waals surface area contributed by atoms with Gasteiger partial charge in [-0.25, -0.2) is 4.98 Å². The molecule has 1 aliphatic heterocycles. The Morgan fingerprint density at radius 1 is 1.05 bits per heavy atom. The molecule has 37 heavy (non-hydrogen) atoms. The molecule has 3 aromatic rings. The molecule has 2 aromatic carbocycles. The van der Waals surface area contributed by atoms with Crippen LogP contribution in [-0.2, 0) is 6.42 Å². The molecule has 1 fully saturated rings. The number of nitrogens with two attached hydrogens (primary N) is 1. The van der Waals surface area contributed by atoms with Crippen molar-refractivity contribution in [1.82, 2.24) is 9.88 Å². The molecule has 0 bridgehead atoms. The molecule has 0 aliphatic carbocycles. The van der Waals surface area contributed by atoms with Crippen molar-refractivity contribution in [3.05, 3.63) is 64.0 Å². The smallest absolute Gasteiger partial charge is 0.241 e. The van der Waals surface area contributed by atoms with Gasteiger partial charge in [-0.3, -0.25) is 0 Å². The molecule has 3 N–H and O–H groups in total. The first kappa shape index (κ1) is 26.9. The Kier molecular flexibility index (Phi) is 9.79. The summed E-state index contributed by atoms with van der Waals surface area (Å²) in [5.74, 6) is 1.50. The van der Waals surface area contributed by atoms with Crippen LogP contribution in [0.25, 0.3) is 11.3 Å². The minimum absolute atomic E-state index is 0.0652. The summed E-state index contributed by atoms with van der Waals surface area (Å²) in [6.07, 6.45) is 7.43. The van der Waals surface area contributed by atoms with Crippen LogP contribution in [0.5, 0.6) is 11.5 Å². The molecule has 4 rings (SSSR count). The highest BCUT2D eigenvalue weighted by atomic mass is 32.1. The first-order valence-electron chi connectivity index (χ1n) is 13.3. The maximum atomic E-state index is 8.86. The second kappa shape index (κ2) is 13.4. The van der Waals surface area contributed by atoms with Gasteiger partial charge in [0.1, 0.15) is 11.5 Å². The molecule has 2 heterocycles. The second-order valence-corrected chi connectivity index (χ2v) is 10.8. The normalized spacial score (nSPS) is 15.5. The molecule has 198 valence electrons. The van der Waals surface area contributed by atoms with Crippen LogP contribution in [0.1, 0.15) is 60.9 Å². The molecule has 1 unspecified atom stereocenters. The molecular weight excluding hydrogens is 484 g/mol. The predicted octanol–water partition coefficient (Wildman–Crippen LogP) is 6.22. The van der Waals surface area contributed by atoms with Gasteiger partial charge in [-0.2, -0.15) is 0 Å². The molecule has 1 atom stereocenters. The summed E-state index contributed by atoms with van der Waals surface area (Å²) in [5, 5.41) is 13.0. The van der Waals surface area contributed by atoms with Crippen LogP contribution in [0.3, 0.4) is 0 Å². The van der Waals surface area contributed by atoms with Crippen LogP contribution in [-0.4, -0.2) is 46.9 Å². The molecule has 1 aliphatic rings. The Morgan fingerprint density at radius 2 is 1.70 bits per heavy atom. The number of hydrogen-bond donors (Lipinski definition) is 2. The molecule has 1 saturated heterocycles. The number of unbranched alkanes of at least 4 members (excludes halogenated alkanes) is 1. The monoisotopic (exact) mass is 522 g/mol. The average Bonchev–Trinajstić information content (AvgIpc) is 3.31. The molecule has 1 aromatic heterocycles. The van der Waals surface area contributed by atoms with Crippen LogP contribution < -0.4 is 15.2 Å². The van der Waals surface area contributed by atoms with Gasteiger partial charge in [-0.15, -0.1) is 11.3 Å². The standard InChI is InChI=1S/C29H38N4O3S/c1-3-4-8-27(36-25-15-11-23(12-16-25)29(30)32-34)35-24-13-9-22(10-14-24)28-26(37-21(2)31-28)17-20-33-18-6-5-7-19-33/h9-16,27,34H,3-8,17-20H2,1-2H3,(H2,30,32). The maximum Gasteiger partial charge on any atom is 0.241 e. The zero-order valence-corrected chi connectivity index (χ0v) is 22.7. The van der Waals surface area contributed by atoms with E-state index in [1.807, 2.05) is 23.5 Å². The van der Waals surface area contributed by atoms with E-state index in [0.29, 0.717) is 11.3 Å². The van der Waals surface area contributed by atoms with Crippen molar-refractivity contribution >= 4 is 17.2 Å². The molecular formula is C29H38N4O3S. The predicted molar refractivity (Wildman–Crippen MR) is 150 cm³/mol. The van der Waals surface area contributed by atoms with Gasteiger partial charge in [0.05, 0.1) is 10.7 Å². The number of benzene rings is 2. The van der Waals surface area contributed by atoms with Gasteiger partial charge in [0, 0.05) is 29.0 Å². The van der Waals surface area contributed by atoms with E-state index >= 15 is 0 Å². The lowest BCUT2D eigenvalue weighted by Gasteiger charge is -2.26. The summed E-state index contributed by atoms with van der Waals surface area (Å²) in [6, 6.07) is 15.3. The van der Waals surface area contributed by atoms with Crippen molar-refractivity contribution < 1.29 is 14.7 Å². The van der Waals surface area contributed by atoms with Crippen molar-refractivity contribution in [2.45, 2.75) is 65.1 Å². The SMILES string of the molecule is CCCCC(Oc1ccc(C(N)=NO)cc1)Oc1ccc(-c2nc(C)sc2CCN2CCCCC2)cc1. The summed E-state index contributed by atoms with van der Waals surface area (Å²) in [7, 11) is 0. The number of likely N-dealkylation sites (tertiary alicyclic amines) is 1. The third kappa shape index (κ3) is 7.69. The Bertz CT molecular complexity index is 1140. The number of piperidine rings is 1. The Hall–Kier alpha value is -3.10. The maximum absolute atomic E-state index is 8.86. The Labute approximate surface area is 223 Å². The van der Waals surface area contributed by atoms with Gasteiger partial charge in [0.25, 0.3) is 0 Å². The minimum Gasteiger partial charge on any atom is -0.455 e. The zero-order valence-electron chi connectivity index (χ0n) is 21.9. The van der Waals surface area contributed by atoms with E-state index in [1.165, 1.54) is 37.2 Å². The topological polar surface area (TPSA) is 93.2 Å². The van der Waals surface area contributed by atoms with Gasteiger partial charge < -0.3 is 25.3 Å². The van der Waals surface area contributed by atoms with Crippen molar-refractivity contribution in [3.8, 4) is 22.8 Å². The number of aromatic nitrogens is 1. The van der Waals surface area contributed by atoms with Crippen LogP contribution in [0.15, 0.2) is 53.7 Å². The highest BCUT2D eigenvalue weighted by Gasteiger charge is 2.16. The Morgan fingerprint density at radius 3 is 2.32 bits per heavy atom. The fourth-order valence-corrected chi connectivity index (χ4v) is 5.52. The van der Waals surface area contributed by atoms with Gasteiger partial charge in [0.15, 0.2) is 5.84 Å². The highest BCUT2D eigenvalue weighted by molar-refractivity contribution is 7.12. The average molecular weight is 523 g/mol. The number of amidine groups is 1. The third-order valence-corrected chi connectivity index (χ3v) is 7.65. The van der Waals surface area contributed by atoms with Gasteiger partial charge in [0.2, 0.25) is 6.29 Å². The van der Waals surface area contributed by atoms with Gasteiger partial charge in [-0.1, -0.05) is 24.9 Å². The number of ether oxygens (including phenoxy) is 2. The fourth-order valence-electron chi connectivity index (χ4n) is 4.58. The van der Waals surface area contributed by atoms with Crippen molar-refractivity contribution in [2.75, 3.05) is 19.6 Å². The lowest BCUT2D eigenvalue weighted by Crippen LogP contribution is -2.31. The first-order chi connectivity index (χ1) is 18.1.